The molecule has 190 valence electrons. The van der Waals surface area contributed by atoms with Crippen molar-refractivity contribution < 1.29 is 17.8 Å². The normalized spacial score (nSPS) is 12.8. The maximum absolute atomic E-state index is 12.6. The minimum atomic E-state index is -2.57. The third kappa shape index (κ3) is 10.4. The maximum atomic E-state index is 12.6. The quantitative estimate of drug-likeness (QED) is 0.102. The molecule has 0 aliphatic heterocycles. The fraction of sp³-hybridized carbons (Fsp3) is 0.286. The van der Waals surface area contributed by atoms with Crippen molar-refractivity contribution in [2.75, 3.05) is 6.61 Å². The van der Waals surface area contributed by atoms with Crippen LogP contribution in [0.25, 0.3) is 5.57 Å². The molecule has 36 heavy (non-hydrogen) atoms. The molecule has 8 heteroatoms. The monoisotopic (exact) mass is 535 g/mol. The fourth-order valence-electron chi connectivity index (χ4n) is 3.68. The summed E-state index contributed by atoms with van der Waals surface area (Å²) in [6.07, 6.45) is 5.07. The van der Waals surface area contributed by atoms with Crippen molar-refractivity contribution >= 4 is 36.7 Å². The van der Waals surface area contributed by atoms with Crippen molar-refractivity contribution in [1.82, 2.24) is 0 Å². The average molecular weight is 536 g/mol. The summed E-state index contributed by atoms with van der Waals surface area (Å²) in [6, 6.07) is 21.7. The Hall–Kier alpha value is -2.81. The van der Waals surface area contributed by atoms with Gasteiger partial charge in [0.1, 0.15) is 18.2 Å². The van der Waals surface area contributed by atoms with Crippen LogP contribution in [0.5, 0.6) is 0 Å². The molecule has 0 saturated carbocycles. The first-order valence-corrected chi connectivity index (χ1v) is 21.2. The molecule has 0 amide bonds. The number of nitriles is 1. The highest BCUT2D eigenvalue weighted by molar-refractivity contribution is 6.89. The minimum Gasteiger partial charge on any atom is -0.457 e. The molecule has 0 N–H and O–H groups in total. The lowest BCUT2D eigenvalue weighted by Gasteiger charge is -2.36. The van der Waals surface area contributed by atoms with Crippen LogP contribution in [0, 0.1) is 11.3 Å². The van der Waals surface area contributed by atoms with Crippen molar-refractivity contribution in [3.63, 3.8) is 0 Å². The second kappa shape index (κ2) is 12.9. The Labute approximate surface area is 219 Å². The molecule has 0 bridgehead atoms. The molecule has 2 aromatic carbocycles. The van der Waals surface area contributed by atoms with Crippen molar-refractivity contribution in [2.45, 2.75) is 45.8 Å². The Bertz CT molecular complexity index is 1080. The molecule has 0 heterocycles. The van der Waals surface area contributed by atoms with Crippen LogP contribution in [-0.4, -0.2) is 37.8 Å². The van der Waals surface area contributed by atoms with Gasteiger partial charge < -0.3 is 13.0 Å². The lowest BCUT2D eigenvalue weighted by molar-refractivity contribution is -0.137. The highest BCUT2D eigenvalue weighted by Crippen LogP contribution is 2.24. The summed E-state index contributed by atoms with van der Waals surface area (Å²) in [7, 11) is -6.24. The number of ether oxygens (including phenoxy) is 1. The summed E-state index contributed by atoms with van der Waals surface area (Å²) in [5, 5.41) is 9.60. The SMILES string of the molecule is C[Si](C)(C)O[Si](C)(C=CCOC(=O)C(C#N)=CC=C(c1ccccc1)c1ccccc1)O[Si](C)(C)C. The smallest absolute Gasteiger partial charge is 0.349 e. The zero-order valence-electron chi connectivity index (χ0n) is 22.4. The third-order valence-corrected chi connectivity index (χ3v) is 13.7. The Kier molecular flexibility index (Phi) is 10.6. The zero-order valence-corrected chi connectivity index (χ0v) is 25.4. The Morgan fingerprint density at radius 1 is 0.806 bits per heavy atom. The highest BCUT2D eigenvalue weighted by Gasteiger charge is 2.38. The summed E-state index contributed by atoms with van der Waals surface area (Å²) in [5.74, 6) is -0.667. The van der Waals surface area contributed by atoms with E-state index in [1.807, 2.05) is 79.0 Å². The number of hydrogen-bond donors (Lipinski definition) is 0. The second-order valence-corrected chi connectivity index (χ2v) is 22.9. The molecule has 0 unspecified atom stereocenters. The second-order valence-electron chi connectivity index (χ2n) is 10.5. The van der Waals surface area contributed by atoms with E-state index in [2.05, 4.69) is 39.3 Å². The largest absolute Gasteiger partial charge is 0.457 e. The van der Waals surface area contributed by atoms with E-state index < -0.39 is 31.2 Å². The summed E-state index contributed by atoms with van der Waals surface area (Å²) in [5.41, 5.74) is 4.76. The molecule has 0 aromatic heterocycles. The number of nitrogens with zero attached hydrogens (tertiary/aromatic N) is 1. The number of carbonyl (C=O) groups is 1. The van der Waals surface area contributed by atoms with E-state index in [4.69, 9.17) is 13.0 Å². The van der Waals surface area contributed by atoms with Crippen molar-refractivity contribution in [1.29, 1.82) is 5.26 Å². The standard InChI is InChI=1S/C28H37NO4Si3/c1-34(2,3)32-36(7,33-35(4,5)6)22-14-21-31-28(30)26(23-29)19-20-27(24-15-10-8-11-16-24)25-17-12-9-13-18-25/h8-20,22H,21H2,1-7H3. The topological polar surface area (TPSA) is 68.5 Å². The maximum Gasteiger partial charge on any atom is 0.349 e. The molecule has 5 nitrogen and oxygen atoms in total. The van der Waals surface area contributed by atoms with E-state index in [0.29, 0.717) is 0 Å². The van der Waals surface area contributed by atoms with Crippen LogP contribution >= 0.6 is 0 Å². The van der Waals surface area contributed by atoms with Gasteiger partial charge in [0, 0.05) is 0 Å². The van der Waals surface area contributed by atoms with Gasteiger partial charge in [0.25, 0.3) is 0 Å². The van der Waals surface area contributed by atoms with Gasteiger partial charge in [0.2, 0.25) is 0 Å². The van der Waals surface area contributed by atoms with Crippen LogP contribution < -0.4 is 0 Å². The van der Waals surface area contributed by atoms with Gasteiger partial charge in [0.05, 0.1) is 0 Å². The summed E-state index contributed by atoms with van der Waals surface area (Å²) >= 11 is 0. The van der Waals surface area contributed by atoms with Gasteiger partial charge in [-0.3, -0.25) is 0 Å². The number of rotatable bonds is 11. The van der Waals surface area contributed by atoms with Gasteiger partial charge >= 0.3 is 14.5 Å². The Morgan fingerprint density at radius 3 is 1.69 bits per heavy atom. The molecule has 0 radical (unpaired) electrons. The van der Waals surface area contributed by atoms with Crippen molar-refractivity contribution in [3.05, 3.63) is 101 Å². The Balaban J connectivity index is 2.18. The molecule has 0 aliphatic carbocycles. The lowest BCUT2D eigenvalue weighted by Crippen LogP contribution is -2.51. The van der Waals surface area contributed by atoms with Crippen molar-refractivity contribution in [2.24, 2.45) is 0 Å². The number of esters is 1. The summed E-state index contributed by atoms with van der Waals surface area (Å²) in [6.45, 7) is 14.9. The van der Waals surface area contributed by atoms with Crippen LogP contribution in [0.1, 0.15) is 11.1 Å². The predicted octanol–water partition coefficient (Wildman–Crippen LogP) is 6.98. The third-order valence-electron chi connectivity index (χ3n) is 4.68. The van der Waals surface area contributed by atoms with Gasteiger partial charge in [-0.15, -0.1) is 0 Å². The Morgan fingerprint density at radius 2 is 1.28 bits per heavy atom. The molecule has 0 spiro atoms. The zero-order chi connectivity index (χ0) is 26.8. The summed E-state index contributed by atoms with van der Waals surface area (Å²) in [4.78, 5) is 12.6. The van der Waals surface area contributed by atoms with Crippen LogP contribution in [0.3, 0.4) is 0 Å². The van der Waals surface area contributed by atoms with E-state index in [-0.39, 0.29) is 12.2 Å². The van der Waals surface area contributed by atoms with Gasteiger partial charge in [0.15, 0.2) is 16.6 Å². The summed E-state index contributed by atoms with van der Waals surface area (Å²) < 4.78 is 18.2. The van der Waals surface area contributed by atoms with Crippen LogP contribution in [0.4, 0.5) is 0 Å². The average Bonchev–Trinajstić information content (AvgIpc) is 2.78. The molecule has 0 fully saturated rings. The van der Waals surface area contributed by atoms with Crippen molar-refractivity contribution in [3.8, 4) is 6.07 Å². The number of hydrogen-bond acceptors (Lipinski definition) is 5. The van der Waals surface area contributed by atoms with Gasteiger partial charge in [-0.05, 0) is 74.3 Å². The van der Waals surface area contributed by atoms with E-state index in [9.17, 15) is 10.1 Å². The molecular formula is C28H37NO4Si3. The highest BCUT2D eigenvalue weighted by atomic mass is 28.5. The molecule has 2 rings (SSSR count). The van der Waals surface area contributed by atoms with Gasteiger partial charge in [-0.1, -0.05) is 72.8 Å². The van der Waals surface area contributed by atoms with E-state index in [0.717, 1.165) is 16.7 Å². The number of carbonyl (C=O) groups excluding carboxylic acids is 1. The lowest BCUT2D eigenvalue weighted by atomic mass is 9.97. The first-order chi connectivity index (χ1) is 16.8. The van der Waals surface area contributed by atoms with Crippen LogP contribution in [-0.2, 0) is 17.8 Å². The molecular weight excluding hydrogens is 499 g/mol. The van der Waals surface area contributed by atoms with Gasteiger partial charge in [-0.25, -0.2) is 4.79 Å². The molecule has 0 aliphatic rings. The first-order valence-electron chi connectivity index (χ1n) is 12.0. The van der Waals surface area contributed by atoms with Gasteiger partial charge in [-0.2, -0.15) is 5.26 Å². The molecule has 0 atom stereocenters. The van der Waals surface area contributed by atoms with E-state index in [1.54, 1.807) is 12.2 Å². The van der Waals surface area contributed by atoms with Crippen LogP contribution in [0.15, 0.2) is 90.2 Å². The number of benzene rings is 2. The fourth-order valence-corrected chi connectivity index (χ4v) is 15.0. The van der Waals surface area contributed by atoms with E-state index >= 15 is 0 Å². The van der Waals surface area contributed by atoms with Crippen LogP contribution in [0.2, 0.25) is 45.8 Å². The first kappa shape index (κ1) is 29.4. The molecule has 0 saturated heterocycles. The molecule has 2 aromatic rings. The number of allylic oxidation sites excluding steroid dienone is 2. The van der Waals surface area contributed by atoms with E-state index in [1.165, 1.54) is 6.08 Å². The predicted molar refractivity (Wildman–Crippen MR) is 154 cm³/mol. The minimum absolute atomic E-state index is 0.0402.